The van der Waals surface area contributed by atoms with E-state index in [-0.39, 0.29) is 5.56 Å². The molecule has 1 spiro atoms. The molecule has 71 heavy (non-hydrogen) atoms. The van der Waals surface area contributed by atoms with Gasteiger partial charge in [-0.2, -0.15) is 0 Å². The summed E-state index contributed by atoms with van der Waals surface area (Å²) in [6.45, 7) is 0. The van der Waals surface area contributed by atoms with E-state index in [1.54, 1.807) is 0 Å². The minimum Gasteiger partial charge on any atom is -0.311 e. The van der Waals surface area contributed by atoms with Crippen molar-refractivity contribution in [2.75, 3.05) is 4.90 Å². The molecule has 0 saturated heterocycles. The van der Waals surface area contributed by atoms with Gasteiger partial charge in [-0.3, -0.25) is 9.20 Å². The van der Waals surface area contributed by atoms with Gasteiger partial charge in [0.15, 0.2) is 0 Å². The molecule has 0 amide bonds. The first-order valence-electron chi connectivity index (χ1n) is 24.5. The molecule has 0 fully saturated rings. The molecule has 0 radical (unpaired) electrons. The van der Waals surface area contributed by atoms with Crippen LogP contribution in [0.15, 0.2) is 260 Å². The predicted molar refractivity (Wildman–Crippen MR) is 295 cm³/mol. The highest BCUT2D eigenvalue weighted by Gasteiger charge is 2.52. The number of benzene rings is 11. The zero-order chi connectivity index (χ0) is 46.8. The smallest absolute Gasteiger partial charge is 0.263 e. The van der Waals surface area contributed by atoms with Crippen LogP contribution in [0.25, 0.3) is 93.6 Å². The van der Waals surface area contributed by atoms with Crippen LogP contribution in [0.4, 0.5) is 17.1 Å². The summed E-state index contributed by atoms with van der Waals surface area (Å²) in [5.41, 5.74) is 21.5. The molecule has 2 aliphatic carbocycles. The first-order valence-corrected chi connectivity index (χ1v) is 24.5. The Morgan fingerprint density at radius 2 is 0.704 bits per heavy atom. The van der Waals surface area contributed by atoms with Gasteiger partial charge in [0.2, 0.25) is 0 Å². The zero-order valence-electron chi connectivity index (χ0n) is 38.6. The number of aromatic nitrogens is 1. The Hall–Kier alpha value is -9.31. The van der Waals surface area contributed by atoms with E-state index in [1.807, 2.05) is 12.1 Å². The molecule has 3 nitrogen and oxygen atoms in total. The van der Waals surface area contributed by atoms with Gasteiger partial charge in [0.25, 0.3) is 5.56 Å². The van der Waals surface area contributed by atoms with E-state index in [2.05, 4.69) is 252 Å². The first-order chi connectivity index (χ1) is 35.1. The quantitative estimate of drug-likeness (QED) is 0.155. The lowest BCUT2D eigenvalue weighted by atomic mass is 9.70. The number of nitrogens with zero attached hydrogens (tertiary/aromatic N) is 2. The van der Waals surface area contributed by atoms with Crippen LogP contribution in [0.3, 0.4) is 0 Å². The minimum absolute atomic E-state index is 0.0120. The summed E-state index contributed by atoms with van der Waals surface area (Å²) >= 11 is 0. The Balaban J connectivity index is 0.921. The SMILES string of the molecule is O=c1c2ccccc2c2cc(-c3ccc(N(c4ccc(-c5ccccc5)cc4)c4ccc(-c5ccccc5)cc4)cc3)cc3c4ccc5c(c4n1c23)-c1ccccc1C51c2ccccc2-c2ccccc21. The van der Waals surface area contributed by atoms with Crippen LogP contribution in [-0.2, 0) is 5.41 Å². The molecular weight excluding hydrogens is 861 g/mol. The molecule has 11 aromatic carbocycles. The average molecular weight is 903 g/mol. The van der Waals surface area contributed by atoms with Crippen molar-refractivity contribution in [3.8, 4) is 55.6 Å². The second-order valence-electron chi connectivity index (χ2n) is 19.1. The van der Waals surface area contributed by atoms with Crippen molar-refractivity contribution in [2.45, 2.75) is 5.41 Å². The van der Waals surface area contributed by atoms with Gasteiger partial charge in [0, 0.05) is 44.2 Å². The van der Waals surface area contributed by atoms with Crippen molar-refractivity contribution in [2.24, 2.45) is 0 Å². The van der Waals surface area contributed by atoms with Gasteiger partial charge in [0.05, 0.1) is 16.4 Å². The average Bonchev–Trinajstić information content (AvgIpc) is 4.06. The summed E-state index contributed by atoms with van der Waals surface area (Å²) in [5, 5.41) is 4.90. The highest BCUT2D eigenvalue weighted by Crippen LogP contribution is 2.64. The van der Waals surface area contributed by atoms with E-state index in [0.717, 1.165) is 66.3 Å². The maximum absolute atomic E-state index is 15.2. The van der Waals surface area contributed by atoms with E-state index in [9.17, 15) is 0 Å². The van der Waals surface area contributed by atoms with Crippen LogP contribution >= 0.6 is 0 Å². The van der Waals surface area contributed by atoms with Crippen LogP contribution in [0.5, 0.6) is 0 Å². The van der Waals surface area contributed by atoms with Crippen LogP contribution < -0.4 is 10.5 Å². The molecule has 0 unspecified atom stereocenters. The number of hydrogen-bond donors (Lipinski definition) is 0. The molecule has 2 aromatic heterocycles. The lowest BCUT2D eigenvalue weighted by Crippen LogP contribution is -2.25. The summed E-state index contributed by atoms with van der Waals surface area (Å²) in [5.74, 6) is 0. The largest absolute Gasteiger partial charge is 0.311 e. The molecule has 0 saturated carbocycles. The van der Waals surface area contributed by atoms with Gasteiger partial charge in [-0.05, 0) is 132 Å². The fourth-order valence-corrected chi connectivity index (χ4v) is 12.5. The first kappa shape index (κ1) is 39.7. The normalized spacial score (nSPS) is 13.0. The molecule has 0 atom stereocenters. The molecule has 0 N–H and O–H groups in total. The highest BCUT2D eigenvalue weighted by molar-refractivity contribution is 6.24. The van der Waals surface area contributed by atoms with E-state index in [1.165, 1.54) is 61.2 Å². The van der Waals surface area contributed by atoms with Crippen molar-refractivity contribution >= 4 is 55.0 Å². The summed E-state index contributed by atoms with van der Waals surface area (Å²) in [6, 6.07) is 91.9. The molecular formula is C68H42N2O. The number of fused-ring (bicyclic) bond motifs is 16. The number of anilines is 3. The molecule has 0 aliphatic heterocycles. The van der Waals surface area contributed by atoms with Crippen molar-refractivity contribution < 1.29 is 0 Å². The maximum Gasteiger partial charge on any atom is 0.263 e. The lowest BCUT2D eigenvalue weighted by molar-refractivity contribution is 0.794. The summed E-state index contributed by atoms with van der Waals surface area (Å²) in [4.78, 5) is 17.6. The third-order valence-corrected chi connectivity index (χ3v) is 15.6. The summed E-state index contributed by atoms with van der Waals surface area (Å²) < 4.78 is 2.06. The molecule has 0 bridgehead atoms. The number of pyridine rings is 1. The highest BCUT2D eigenvalue weighted by atomic mass is 16.1. The third kappa shape index (κ3) is 5.57. The lowest BCUT2D eigenvalue weighted by Gasteiger charge is -2.30. The van der Waals surface area contributed by atoms with Crippen LogP contribution in [-0.4, -0.2) is 4.40 Å². The van der Waals surface area contributed by atoms with Gasteiger partial charge < -0.3 is 4.90 Å². The minimum atomic E-state index is -0.517. The predicted octanol–water partition coefficient (Wildman–Crippen LogP) is 17.0. The van der Waals surface area contributed by atoms with Gasteiger partial charge in [-0.15, -0.1) is 0 Å². The Morgan fingerprint density at radius 3 is 1.24 bits per heavy atom. The summed E-state index contributed by atoms with van der Waals surface area (Å²) in [6.07, 6.45) is 0. The molecule has 2 aliphatic rings. The number of rotatable bonds is 6. The van der Waals surface area contributed by atoms with E-state index in [0.29, 0.717) is 5.39 Å². The summed E-state index contributed by atoms with van der Waals surface area (Å²) in [7, 11) is 0. The fraction of sp³-hybridized carbons (Fsp3) is 0.0147. The monoisotopic (exact) mass is 902 g/mol. The molecule has 3 heteroatoms. The van der Waals surface area contributed by atoms with Gasteiger partial charge in [0.1, 0.15) is 0 Å². The molecule has 13 aromatic rings. The Morgan fingerprint density at radius 1 is 0.296 bits per heavy atom. The topological polar surface area (TPSA) is 24.7 Å². The van der Waals surface area contributed by atoms with Gasteiger partial charge in [-0.1, -0.05) is 200 Å². The third-order valence-electron chi connectivity index (χ3n) is 15.6. The van der Waals surface area contributed by atoms with Crippen LogP contribution in [0.1, 0.15) is 22.3 Å². The Labute approximate surface area is 410 Å². The van der Waals surface area contributed by atoms with Gasteiger partial charge >= 0.3 is 0 Å². The van der Waals surface area contributed by atoms with Gasteiger partial charge in [-0.25, -0.2) is 0 Å². The van der Waals surface area contributed by atoms with Crippen molar-refractivity contribution in [1.82, 2.24) is 4.40 Å². The van der Waals surface area contributed by atoms with E-state index >= 15 is 4.79 Å². The van der Waals surface area contributed by atoms with Crippen LogP contribution in [0.2, 0.25) is 0 Å². The van der Waals surface area contributed by atoms with Crippen LogP contribution in [0, 0.1) is 0 Å². The maximum atomic E-state index is 15.2. The van der Waals surface area contributed by atoms with Crippen molar-refractivity contribution in [1.29, 1.82) is 0 Å². The molecule has 330 valence electrons. The standard InChI is InChI=1S/C68H42N2O/c71-67-56-22-8-7-19-52(56)58-41-48(47-31-37-51(38-32-47)69(49-33-27-45(28-34-49)43-15-3-1-4-16-43)50-35-29-46(30-36-50)44-17-5-2-6-18-44)42-59-55-39-40-63-64(66(55)70(67)65(58)59)57-23-11-14-26-62(57)68(63)60-24-12-9-20-53(60)54-21-10-13-25-61(54)68/h1-42H. The Bertz CT molecular complexity index is 4200. The second-order valence-corrected chi connectivity index (χ2v) is 19.1. The molecule has 15 rings (SSSR count). The second kappa shape index (κ2) is 15.1. The Kier molecular flexibility index (Phi) is 8.43. The molecule has 2 heterocycles. The van der Waals surface area contributed by atoms with E-state index in [4.69, 9.17) is 0 Å². The van der Waals surface area contributed by atoms with E-state index < -0.39 is 5.41 Å². The number of hydrogen-bond acceptors (Lipinski definition) is 2. The van der Waals surface area contributed by atoms with Crippen molar-refractivity contribution in [3.63, 3.8) is 0 Å². The van der Waals surface area contributed by atoms with Crippen molar-refractivity contribution in [3.05, 3.63) is 287 Å². The zero-order valence-corrected chi connectivity index (χ0v) is 38.6. The fourth-order valence-electron chi connectivity index (χ4n) is 12.5.